The van der Waals surface area contributed by atoms with E-state index in [0.717, 1.165) is 25.7 Å². The van der Waals surface area contributed by atoms with Crippen LogP contribution in [0.5, 0.6) is 0 Å². The van der Waals surface area contributed by atoms with Gasteiger partial charge < -0.3 is 4.74 Å². The average molecular weight is 219 g/mol. The first-order chi connectivity index (χ1) is 7.83. The van der Waals surface area contributed by atoms with Crippen molar-refractivity contribution in [2.75, 3.05) is 6.61 Å². The van der Waals surface area contributed by atoms with Crippen molar-refractivity contribution in [3.63, 3.8) is 0 Å². The second-order valence-electron chi connectivity index (χ2n) is 3.77. The molecule has 0 bridgehead atoms. The normalized spacial score (nSPS) is 10.1. The smallest absolute Gasteiger partial charge is 0.305 e. The molecule has 87 valence electrons. The molecule has 0 saturated carbocycles. The van der Waals surface area contributed by atoms with Crippen LogP contribution in [0, 0.1) is 6.92 Å². The molecule has 0 heterocycles. The lowest BCUT2D eigenvalue weighted by molar-refractivity contribution is -0.142. The Bertz CT molecular complexity index is 293. The van der Waals surface area contributed by atoms with Gasteiger partial charge in [0.2, 0.25) is 0 Å². The number of aryl methyl sites for hydroxylation is 1. The summed E-state index contributed by atoms with van der Waals surface area (Å²) in [4.78, 5) is 10.8. The Morgan fingerprint density at radius 1 is 1.12 bits per heavy atom. The quantitative estimate of drug-likeness (QED) is 0.520. The summed E-state index contributed by atoms with van der Waals surface area (Å²) in [6, 6.07) is 10.4. The van der Waals surface area contributed by atoms with Gasteiger partial charge in [0, 0.05) is 6.42 Å². The van der Waals surface area contributed by atoms with E-state index in [1.165, 1.54) is 5.56 Å². The Morgan fingerprint density at radius 2 is 1.88 bits per heavy atom. The Morgan fingerprint density at radius 3 is 2.56 bits per heavy atom. The fourth-order valence-corrected chi connectivity index (χ4v) is 1.51. The van der Waals surface area contributed by atoms with Crippen LogP contribution in [-0.2, 0) is 16.0 Å². The van der Waals surface area contributed by atoms with Gasteiger partial charge in [-0.05, 0) is 38.2 Å². The van der Waals surface area contributed by atoms with Gasteiger partial charge in [-0.3, -0.25) is 4.79 Å². The topological polar surface area (TPSA) is 26.3 Å². The molecule has 0 aliphatic heterocycles. The van der Waals surface area contributed by atoms with E-state index in [0.29, 0.717) is 6.61 Å². The third kappa shape index (κ3) is 5.54. The van der Waals surface area contributed by atoms with E-state index in [9.17, 15) is 4.79 Å². The van der Waals surface area contributed by atoms with Crippen LogP contribution in [0.4, 0.5) is 0 Å². The molecular weight excluding hydrogens is 200 g/mol. The number of esters is 1. The van der Waals surface area contributed by atoms with Gasteiger partial charge in [0.25, 0.3) is 0 Å². The Labute approximate surface area is 97.6 Å². The van der Waals surface area contributed by atoms with Gasteiger partial charge >= 0.3 is 5.97 Å². The summed E-state index contributed by atoms with van der Waals surface area (Å²) < 4.78 is 4.94. The van der Waals surface area contributed by atoms with Crippen LogP contribution in [0.3, 0.4) is 0 Å². The number of carbonyl (C=O) groups is 1. The second-order valence-corrected chi connectivity index (χ2v) is 3.77. The van der Waals surface area contributed by atoms with Crippen LogP contribution in [-0.4, -0.2) is 12.6 Å². The van der Waals surface area contributed by atoms with Gasteiger partial charge in [-0.1, -0.05) is 30.3 Å². The molecule has 0 aromatic heterocycles. The maximum absolute atomic E-state index is 10.8. The van der Waals surface area contributed by atoms with E-state index in [2.05, 4.69) is 31.2 Å². The molecule has 0 spiro atoms. The van der Waals surface area contributed by atoms with Crippen LogP contribution in [0.15, 0.2) is 30.3 Å². The van der Waals surface area contributed by atoms with Crippen molar-refractivity contribution in [2.24, 2.45) is 0 Å². The van der Waals surface area contributed by atoms with Crippen LogP contribution in [0.25, 0.3) is 0 Å². The fourth-order valence-electron chi connectivity index (χ4n) is 1.51. The highest BCUT2D eigenvalue weighted by Gasteiger charge is 1.97. The SMILES string of the molecule is [CH2]CC(=O)OCCCCCc1ccccc1. The zero-order valence-electron chi connectivity index (χ0n) is 9.65. The summed E-state index contributed by atoms with van der Waals surface area (Å²) in [5.74, 6) is -0.206. The molecule has 1 radical (unpaired) electrons. The molecule has 0 unspecified atom stereocenters. The van der Waals surface area contributed by atoms with Gasteiger partial charge in [0.15, 0.2) is 0 Å². The second kappa shape index (κ2) is 7.91. The molecule has 1 aromatic carbocycles. The van der Waals surface area contributed by atoms with Crippen LogP contribution in [0.2, 0.25) is 0 Å². The summed E-state index contributed by atoms with van der Waals surface area (Å²) in [6.45, 7) is 4.00. The summed E-state index contributed by atoms with van der Waals surface area (Å²) >= 11 is 0. The van der Waals surface area contributed by atoms with Crippen molar-refractivity contribution < 1.29 is 9.53 Å². The van der Waals surface area contributed by atoms with Crippen LogP contribution in [0.1, 0.15) is 31.2 Å². The lowest BCUT2D eigenvalue weighted by Gasteiger charge is -2.03. The third-order valence-electron chi connectivity index (χ3n) is 2.42. The van der Waals surface area contributed by atoms with Crippen molar-refractivity contribution >= 4 is 5.97 Å². The zero-order chi connectivity index (χ0) is 11.6. The van der Waals surface area contributed by atoms with Crippen LogP contribution >= 0.6 is 0 Å². The van der Waals surface area contributed by atoms with Gasteiger partial charge in [-0.15, -0.1) is 0 Å². The van der Waals surface area contributed by atoms with Crippen molar-refractivity contribution in [3.05, 3.63) is 42.8 Å². The number of rotatable bonds is 7. The first-order valence-corrected chi connectivity index (χ1v) is 5.81. The fraction of sp³-hybridized carbons (Fsp3) is 0.429. The largest absolute Gasteiger partial charge is 0.466 e. The van der Waals surface area contributed by atoms with Crippen molar-refractivity contribution in [1.82, 2.24) is 0 Å². The zero-order valence-corrected chi connectivity index (χ0v) is 9.65. The maximum Gasteiger partial charge on any atom is 0.305 e. The summed E-state index contributed by atoms with van der Waals surface area (Å²) in [5, 5.41) is 0. The minimum atomic E-state index is -0.206. The third-order valence-corrected chi connectivity index (χ3v) is 2.42. The van der Waals surface area contributed by atoms with Crippen molar-refractivity contribution in [3.8, 4) is 0 Å². The predicted octanol–water partition coefficient (Wildman–Crippen LogP) is 3.17. The van der Waals surface area contributed by atoms with E-state index in [-0.39, 0.29) is 12.4 Å². The molecule has 0 fully saturated rings. The lowest BCUT2D eigenvalue weighted by Crippen LogP contribution is -2.03. The predicted molar refractivity (Wildman–Crippen MR) is 64.9 cm³/mol. The Kier molecular flexibility index (Phi) is 6.31. The average Bonchev–Trinajstić information content (AvgIpc) is 2.34. The van der Waals surface area contributed by atoms with Gasteiger partial charge in [0.1, 0.15) is 0 Å². The lowest BCUT2D eigenvalue weighted by atomic mass is 10.1. The number of unbranched alkanes of at least 4 members (excludes halogenated alkanes) is 2. The highest BCUT2D eigenvalue weighted by Crippen LogP contribution is 2.06. The minimum absolute atomic E-state index is 0.206. The monoisotopic (exact) mass is 219 g/mol. The molecule has 1 rings (SSSR count). The highest BCUT2D eigenvalue weighted by atomic mass is 16.5. The summed E-state index contributed by atoms with van der Waals surface area (Å²) in [7, 11) is 0. The molecule has 2 nitrogen and oxygen atoms in total. The molecule has 16 heavy (non-hydrogen) atoms. The molecule has 2 heteroatoms. The first kappa shape index (κ1) is 12.8. The molecule has 0 saturated heterocycles. The van der Waals surface area contributed by atoms with Gasteiger partial charge in [-0.2, -0.15) is 0 Å². The molecule has 0 aliphatic carbocycles. The summed E-state index contributed by atoms with van der Waals surface area (Å²) in [5.41, 5.74) is 1.37. The Hall–Kier alpha value is -1.31. The Balaban J connectivity index is 1.98. The van der Waals surface area contributed by atoms with Gasteiger partial charge in [0.05, 0.1) is 6.61 Å². The molecule has 0 N–H and O–H groups in total. The number of carbonyl (C=O) groups excluding carboxylic acids is 1. The highest BCUT2D eigenvalue weighted by molar-refractivity contribution is 5.69. The number of benzene rings is 1. The number of ether oxygens (including phenoxy) is 1. The minimum Gasteiger partial charge on any atom is -0.466 e. The number of hydrogen-bond donors (Lipinski definition) is 0. The molecular formula is C14H19O2. The van der Waals surface area contributed by atoms with Crippen molar-refractivity contribution in [1.29, 1.82) is 0 Å². The van der Waals surface area contributed by atoms with Crippen molar-refractivity contribution in [2.45, 2.75) is 32.1 Å². The van der Waals surface area contributed by atoms with E-state index >= 15 is 0 Å². The molecule has 1 aromatic rings. The first-order valence-electron chi connectivity index (χ1n) is 5.81. The molecule has 0 atom stereocenters. The van der Waals surface area contributed by atoms with Crippen LogP contribution < -0.4 is 0 Å². The van der Waals surface area contributed by atoms with E-state index < -0.39 is 0 Å². The van der Waals surface area contributed by atoms with E-state index in [4.69, 9.17) is 4.74 Å². The van der Waals surface area contributed by atoms with Gasteiger partial charge in [-0.25, -0.2) is 0 Å². The summed E-state index contributed by atoms with van der Waals surface area (Å²) in [6.07, 6.45) is 4.51. The van der Waals surface area contributed by atoms with E-state index in [1.807, 2.05) is 6.07 Å². The number of hydrogen-bond acceptors (Lipinski definition) is 2. The standard InChI is InChI=1S/C14H19O2/c1-2-14(15)16-12-8-4-7-11-13-9-5-3-6-10-13/h3,5-6,9-10H,1-2,4,7-8,11-12H2. The molecule has 0 aliphatic rings. The maximum atomic E-state index is 10.8. The molecule has 0 amide bonds. The van der Waals surface area contributed by atoms with E-state index in [1.54, 1.807) is 0 Å².